The second kappa shape index (κ2) is 8.46. The van der Waals surface area contributed by atoms with Gasteiger partial charge >= 0.3 is 12.1 Å². The zero-order valence-corrected chi connectivity index (χ0v) is 17.7. The van der Waals surface area contributed by atoms with Crippen LogP contribution in [0.1, 0.15) is 40.4 Å². The van der Waals surface area contributed by atoms with Crippen LogP contribution >= 0.6 is 0 Å². The van der Waals surface area contributed by atoms with E-state index in [1.54, 1.807) is 0 Å². The summed E-state index contributed by atoms with van der Waals surface area (Å²) in [6.07, 6.45) is 1.54. The zero-order chi connectivity index (χ0) is 22.9. The van der Waals surface area contributed by atoms with Crippen LogP contribution in [0.2, 0.25) is 0 Å². The van der Waals surface area contributed by atoms with Crippen molar-refractivity contribution in [2.75, 3.05) is 18.5 Å². The van der Waals surface area contributed by atoms with Crippen LogP contribution in [0.4, 0.5) is 10.5 Å². The smallest absolute Gasteiger partial charge is 0.411 e. The monoisotopic (exact) mass is 446 g/mol. The van der Waals surface area contributed by atoms with Crippen LogP contribution in [0.5, 0.6) is 0 Å². The molecule has 1 aliphatic carbocycles. The van der Waals surface area contributed by atoms with E-state index in [-0.39, 0.29) is 24.0 Å². The molecule has 5 rings (SSSR count). The molecule has 1 unspecified atom stereocenters. The van der Waals surface area contributed by atoms with Crippen molar-refractivity contribution in [2.24, 2.45) is 0 Å². The molecule has 2 N–H and O–H groups in total. The molecule has 0 radical (unpaired) electrons. The van der Waals surface area contributed by atoms with Crippen molar-refractivity contribution in [3.05, 3.63) is 77.7 Å². The number of fused-ring (bicyclic) bond motifs is 3. The summed E-state index contributed by atoms with van der Waals surface area (Å²) in [6.45, 7) is 0.453. The fraction of sp³-hybridized carbons (Fsp3) is 0.240. The summed E-state index contributed by atoms with van der Waals surface area (Å²) in [4.78, 5) is 38.1. The number of anilines is 1. The first-order valence-corrected chi connectivity index (χ1v) is 10.8. The summed E-state index contributed by atoms with van der Waals surface area (Å²) in [5.74, 6) is -1.83. The van der Waals surface area contributed by atoms with Crippen molar-refractivity contribution in [1.82, 2.24) is 4.90 Å². The topological polar surface area (TPSA) is 109 Å². The van der Waals surface area contributed by atoms with Crippen LogP contribution in [0.3, 0.4) is 0 Å². The second-order valence-corrected chi connectivity index (χ2v) is 8.11. The number of amides is 2. The van der Waals surface area contributed by atoms with Crippen molar-refractivity contribution in [3.63, 3.8) is 0 Å². The van der Waals surface area contributed by atoms with E-state index in [4.69, 9.17) is 9.15 Å². The van der Waals surface area contributed by atoms with Gasteiger partial charge in [-0.2, -0.15) is 0 Å². The summed E-state index contributed by atoms with van der Waals surface area (Å²) in [7, 11) is 0. The van der Waals surface area contributed by atoms with Gasteiger partial charge in [0.25, 0.3) is 5.91 Å². The SMILES string of the molecule is O=C(Nc1ccoc1C(=O)N1CCCC1C(=O)O)OCC1c2ccccc2-c2ccccc21. The summed E-state index contributed by atoms with van der Waals surface area (Å²) in [5, 5.41) is 11.9. The molecule has 8 nitrogen and oxygen atoms in total. The predicted molar refractivity (Wildman–Crippen MR) is 119 cm³/mol. The number of nitrogens with zero attached hydrogens (tertiary/aromatic N) is 1. The molecule has 2 heterocycles. The third-order valence-electron chi connectivity index (χ3n) is 6.24. The number of carbonyl (C=O) groups is 3. The molecule has 2 aromatic carbocycles. The van der Waals surface area contributed by atoms with Crippen molar-refractivity contribution in [1.29, 1.82) is 0 Å². The van der Waals surface area contributed by atoms with Crippen LogP contribution in [0.15, 0.2) is 65.3 Å². The average molecular weight is 446 g/mol. The maximum atomic E-state index is 12.8. The van der Waals surface area contributed by atoms with E-state index in [1.807, 2.05) is 36.4 Å². The third-order valence-corrected chi connectivity index (χ3v) is 6.24. The summed E-state index contributed by atoms with van der Waals surface area (Å²) < 4.78 is 10.8. The predicted octanol–water partition coefficient (Wildman–Crippen LogP) is 4.33. The highest BCUT2D eigenvalue weighted by Crippen LogP contribution is 2.44. The van der Waals surface area contributed by atoms with Gasteiger partial charge in [-0.3, -0.25) is 10.1 Å². The van der Waals surface area contributed by atoms with Crippen LogP contribution < -0.4 is 5.32 Å². The molecule has 168 valence electrons. The molecular formula is C25H22N2O6. The van der Waals surface area contributed by atoms with Gasteiger partial charge in [-0.15, -0.1) is 0 Å². The Morgan fingerprint density at radius 2 is 1.70 bits per heavy atom. The van der Waals surface area contributed by atoms with E-state index < -0.39 is 24.0 Å². The number of likely N-dealkylation sites (tertiary alicyclic amines) is 1. The van der Waals surface area contributed by atoms with Crippen LogP contribution in [0.25, 0.3) is 11.1 Å². The number of furan rings is 1. The van der Waals surface area contributed by atoms with E-state index in [1.165, 1.54) is 17.2 Å². The maximum absolute atomic E-state index is 12.8. The Balaban J connectivity index is 1.28. The minimum atomic E-state index is -1.06. The Morgan fingerprint density at radius 1 is 1.03 bits per heavy atom. The molecule has 3 aromatic rings. The minimum absolute atomic E-state index is 0.0884. The zero-order valence-electron chi connectivity index (χ0n) is 17.7. The molecule has 1 saturated heterocycles. The molecule has 1 aliphatic heterocycles. The number of aliphatic carboxylic acids is 1. The van der Waals surface area contributed by atoms with Gasteiger partial charge in [0.15, 0.2) is 0 Å². The molecule has 1 fully saturated rings. The van der Waals surface area contributed by atoms with Crippen molar-refractivity contribution >= 4 is 23.7 Å². The third kappa shape index (κ3) is 3.73. The number of ether oxygens (including phenoxy) is 1. The molecule has 0 spiro atoms. The molecular weight excluding hydrogens is 424 g/mol. The standard InChI is InChI=1S/C25H22N2O6/c28-23(27-12-5-10-21(27)24(29)30)22-20(11-13-32-22)26-25(31)33-14-19-17-8-3-1-6-15(17)16-7-2-4-9-18(16)19/h1-4,6-9,11,13,19,21H,5,10,12,14H2,(H,26,31)(H,29,30). The molecule has 1 aromatic heterocycles. The van der Waals surface area contributed by atoms with Gasteiger partial charge < -0.3 is 19.2 Å². The molecule has 2 amide bonds. The highest BCUT2D eigenvalue weighted by molar-refractivity contribution is 6.01. The van der Waals surface area contributed by atoms with Gasteiger partial charge in [-0.25, -0.2) is 9.59 Å². The molecule has 8 heteroatoms. The number of rotatable bonds is 5. The van der Waals surface area contributed by atoms with Gasteiger partial charge in [-0.05, 0) is 35.1 Å². The Kier molecular flexibility index (Phi) is 5.34. The Morgan fingerprint density at radius 3 is 2.36 bits per heavy atom. The highest BCUT2D eigenvalue weighted by atomic mass is 16.5. The van der Waals surface area contributed by atoms with Gasteiger partial charge in [0.05, 0.1) is 12.0 Å². The maximum Gasteiger partial charge on any atom is 0.411 e. The first-order chi connectivity index (χ1) is 16.0. The van der Waals surface area contributed by atoms with E-state index >= 15 is 0 Å². The number of benzene rings is 2. The van der Waals surface area contributed by atoms with Crippen molar-refractivity contribution in [2.45, 2.75) is 24.8 Å². The Bertz CT molecular complexity index is 1190. The summed E-state index contributed by atoms with van der Waals surface area (Å²) in [6, 6.07) is 16.6. The molecule has 2 aliphatic rings. The lowest BCUT2D eigenvalue weighted by atomic mass is 9.98. The van der Waals surface area contributed by atoms with Crippen LogP contribution in [-0.2, 0) is 9.53 Å². The van der Waals surface area contributed by atoms with Gasteiger partial charge in [-0.1, -0.05) is 48.5 Å². The number of carboxylic acids is 1. The number of nitrogens with one attached hydrogen (secondary N) is 1. The van der Waals surface area contributed by atoms with Crippen molar-refractivity contribution < 1.29 is 28.6 Å². The van der Waals surface area contributed by atoms with Gasteiger partial charge in [0, 0.05) is 18.5 Å². The van der Waals surface area contributed by atoms with E-state index in [0.29, 0.717) is 19.4 Å². The van der Waals surface area contributed by atoms with Crippen LogP contribution in [0, 0.1) is 0 Å². The van der Waals surface area contributed by atoms with E-state index in [0.717, 1.165) is 22.3 Å². The lowest BCUT2D eigenvalue weighted by Crippen LogP contribution is -2.40. The number of hydrogen-bond acceptors (Lipinski definition) is 5. The van der Waals surface area contributed by atoms with Crippen molar-refractivity contribution in [3.8, 4) is 11.1 Å². The molecule has 0 bridgehead atoms. The second-order valence-electron chi connectivity index (χ2n) is 8.11. The lowest BCUT2D eigenvalue weighted by Gasteiger charge is -2.20. The first kappa shape index (κ1) is 20.8. The average Bonchev–Trinajstić information content (AvgIpc) is 3.55. The minimum Gasteiger partial charge on any atom is -0.480 e. The van der Waals surface area contributed by atoms with Gasteiger partial charge in [0.2, 0.25) is 5.76 Å². The number of carboxylic acid groups (broad SMARTS) is 1. The van der Waals surface area contributed by atoms with E-state index in [9.17, 15) is 19.5 Å². The number of carbonyl (C=O) groups excluding carboxylic acids is 2. The van der Waals surface area contributed by atoms with Crippen LogP contribution in [-0.4, -0.2) is 47.2 Å². The molecule has 1 atom stereocenters. The lowest BCUT2D eigenvalue weighted by molar-refractivity contribution is -0.141. The van der Waals surface area contributed by atoms with E-state index in [2.05, 4.69) is 17.4 Å². The molecule has 33 heavy (non-hydrogen) atoms. The summed E-state index contributed by atoms with van der Waals surface area (Å²) >= 11 is 0. The highest BCUT2D eigenvalue weighted by Gasteiger charge is 2.37. The number of hydrogen-bond donors (Lipinski definition) is 2. The van der Waals surface area contributed by atoms with Gasteiger partial charge in [0.1, 0.15) is 12.6 Å². The fourth-order valence-electron chi connectivity index (χ4n) is 4.71. The Hall–Kier alpha value is -4.07. The summed E-state index contributed by atoms with van der Waals surface area (Å²) in [5.41, 5.74) is 4.60. The quantitative estimate of drug-likeness (QED) is 0.604. The fourth-order valence-corrected chi connectivity index (χ4v) is 4.71. The Labute approximate surface area is 189 Å². The largest absolute Gasteiger partial charge is 0.480 e. The first-order valence-electron chi connectivity index (χ1n) is 10.8. The normalized spacial score (nSPS) is 16.8. The molecule has 0 saturated carbocycles.